The summed E-state index contributed by atoms with van der Waals surface area (Å²) in [7, 11) is 0. The number of alkyl halides is 3. The molecule has 3 heterocycles. The van der Waals surface area contributed by atoms with Gasteiger partial charge in [-0.3, -0.25) is 9.88 Å². The second-order valence-electron chi connectivity index (χ2n) is 6.40. The van der Waals surface area contributed by atoms with Crippen molar-refractivity contribution >= 4 is 5.82 Å². The number of aromatic nitrogens is 3. The summed E-state index contributed by atoms with van der Waals surface area (Å²) >= 11 is 0. The van der Waals surface area contributed by atoms with Crippen LogP contribution < -0.4 is 5.32 Å². The molecule has 0 aliphatic carbocycles. The lowest BCUT2D eigenvalue weighted by atomic mass is 10.2. The van der Waals surface area contributed by atoms with Gasteiger partial charge in [-0.05, 0) is 18.7 Å². The topological polar surface area (TPSA) is 57.2 Å². The number of pyridine rings is 1. The highest BCUT2D eigenvalue weighted by Gasteiger charge is 2.33. The van der Waals surface area contributed by atoms with E-state index in [-0.39, 0.29) is 11.6 Å². The molecule has 1 aliphatic heterocycles. The van der Waals surface area contributed by atoms with Crippen LogP contribution in [0.3, 0.4) is 0 Å². The molecule has 0 atom stereocenters. The van der Waals surface area contributed by atoms with Crippen LogP contribution in [-0.4, -0.2) is 70.6 Å². The maximum atomic E-state index is 13.2. The van der Waals surface area contributed by atoms with Crippen molar-refractivity contribution in [3.8, 4) is 11.4 Å². The maximum Gasteiger partial charge on any atom is 0.433 e. The standard InChI is InChI=1S/C18H23F3N6/c1-2-26-9-11-27(12-10-26)8-7-23-16-13-15(18(19,20)21)24-17(25-16)14-3-5-22-6-4-14/h3-6,13H,2,7-12H2,1H3,(H,23,24,25). The fourth-order valence-corrected chi connectivity index (χ4v) is 2.98. The van der Waals surface area contributed by atoms with Gasteiger partial charge >= 0.3 is 6.18 Å². The molecule has 3 rings (SSSR count). The van der Waals surface area contributed by atoms with Crippen molar-refractivity contribution in [3.63, 3.8) is 0 Å². The molecule has 1 aliphatic rings. The van der Waals surface area contributed by atoms with Crippen molar-refractivity contribution in [1.82, 2.24) is 24.8 Å². The Bertz CT molecular complexity index is 730. The first-order valence-electron chi connectivity index (χ1n) is 9.01. The van der Waals surface area contributed by atoms with Crippen LogP contribution in [-0.2, 0) is 6.18 Å². The number of nitrogens with one attached hydrogen (secondary N) is 1. The summed E-state index contributed by atoms with van der Waals surface area (Å²) in [6, 6.07) is 4.14. The molecule has 1 fully saturated rings. The quantitative estimate of drug-likeness (QED) is 0.832. The normalized spacial score (nSPS) is 16.4. The van der Waals surface area contributed by atoms with E-state index >= 15 is 0 Å². The number of likely N-dealkylation sites (N-methyl/N-ethyl adjacent to an activating group) is 1. The SMILES string of the molecule is CCN1CCN(CCNc2cc(C(F)(F)F)nc(-c3ccncc3)n2)CC1. The predicted molar refractivity (Wildman–Crippen MR) is 97.3 cm³/mol. The van der Waals surface area contributed by atoms with E-state index < -0.39 is 11.9 Å². The molecule has 0 amide bonds. The first-order valence-corrected chi connectivity index (χ1v) is 9.01. The largest absolute Gasteiger partial charge is 0.433 e. The first kappa shape index (κ1) is 19.5. The van der Waals surface area contributed by atoms with Gasteiger partial charge in [-0.1, -0.05) is 6.92 Å². The third-order valence-electron chi connectivity index (χ3n) is 4.60. The van der Waals surface area contributed by atoms with Crippen LogP contribution >= 0.6 is 0 Å². The minimum absolute atomic E-state index is 0.0336. The summed E-state index contributed by atoms with van der Waals surface area (Å²) in [5, 5.41) is 3.02. The zero-order chi connectivity index (χ0) is 19.3. The van der Waals surface area contributed by atoms with Gasteiger partial charge in [0.25, 0.3) is 0 Å². The summed E-state index contributed by atoms with van der Waals surface area (Å²) in [6.45, 7) is 8.45. The second-order valence-corrected chi connectivity index (χ2v) is 6.40. The predicted octanol–water partition coefficient (Wildman–Crippen LogP) is 2.61. The Hall–Kier alpha value is -2.26. The Morgan fingerprint density at radius 2 is 1.70 bits per heavy atom. The summed E-state index contributed by atoms with van der Waals surface area (Å²) in [4.78, 5) is 16.5. The summed E-state index contributed by atoms with van der Waals surface area (Å²) in [6.07, 6.45) is -1.53. The summed E-state index contributed by atoms with van der Waals surface area (Å²) in [5.74, 6) is 0.211. The van der Waals surface area contributed by atoms with E-state index in [4.69, 9.17) is 0 Å². The Morgan fingerprint density at radius 1 is 1.04 bits per heavy atom. The van der Waals surface area contributed by atoms with E-state index in [0.717, 1.165) is 45.3 Å². The Morgan fingerprint density at radius 3 is 2.33 bits per heavy atom. The number of halogens is 3. The van der Waals surface area contributed by atoms with E-state index in [2.05, 4.69) is 37.0 Å². The number of hydrogen-bond acceptors (Lipinski definition) is 6. The van der Waals surface area contributed by atoms with Crippen LogP contribution in [0.25, 0.3) is 11.4 Å². The van der Waals surface area contributed by atoms with Gasteiger partial charge in [0.2, 0.25) is 0 Å². The van der Waals surface area contributed by atoms with Gasteiger partial charge in [0, 0.05) is 63.3 Å². The molecular weight excluding hydrogens is 357 g/mol. The van der Waals surface area contributed by atoms with Gasteiger partial charge in [0.05, 0.1) is 0 Å². The fourth-order valence-electron chi connectivity index (χ4n) is 2.98. The van der Waals surface area contributed by atoms with Crippen molar-refractivity contribution < 1.29 is 13.2 Å². The molecule has 146 valence electrons. The van der Waals surface area contributed by atoms with E-state index in [9.17, 15) is 13.2 Å². The molecule has 2 aromatic rings. The second kappa shape index (κ2) is 8.62. The third-order valence-corrected chi connectivity index (χ3v) is 4.60. The van der Waals surface area contributed by atoms with Crippen LogP contribution in [0, 0.1) is 0 Å². The van der Waals surface area contributed by atoms with Crippen LogP contribution in [0.1, 0.15) is 12.6 Å². The molecule has 0 radical (unpaired) electrons. The number of hydrogen-bond donors (Lipinski definition) is 1. The Labute approximate surface area is 156 Å². The molecule has 0 bridgehead atoms. The van der Waals surface area contributed by atoms with Crippen LogP contribution in [0.2, 0.25) is 0 Å². The molecule has 0 saturated carbocycles. The molecular formula is C18H23F3N6. The van der Waals surface area contributed by atoms with Gasteiger partial charge in [-0.2, -0.15) is 13.2 Å². The molecule has 1 N–H and O–H groups in total. The van der Waals surface area contributed by atoms with Crippen molar-refractivity contribution in [2.24, 2.45) is 0 Å². The van der Waals surface area contributed by atoms with Gasteiger partial charge in [-0.15, -0.1) is 0 Å². The lowest BCUT2D eigenvalue weighted by molar-refractivity contribution is -0.141. The number of piperazine rings is 1. The minimum atomic E-state index is -4.53. The average Bonchev–Trinajstić information content (AvgIpc) is 2.68. The number of rotatable bonds is 6. The van der Waals surface area contributed by atoms with Crippen molar-refractivity contribution in [2.75, 3.05) is 51.1 Å². The number of anilines is 1. The van der Waals surface area contributed by atoms with Crippen molar-refractivity contribution in [1.29, 1.82) is 0 Å². The lowest BCUT2D eigenvalue weighted by Gasteiger charge is -2.34. The molecule has 2 aromatic heterocycles. The van der Waals surface area contributed by atoms with E-state index in [0.29, 0.717) is 12.1 Å². The first-order chi connectivity index (χ1) is 13.0. The monoisotopic (exact) mass is 380 g/mol. The summed E-state index contributed by atoms with van der Waals surface area (Å²) in [5.41, 5.74) is -0.460. The fraction of sp³-hybridized carbons (Fsp3) is 0.500. The van der Waals surface area contributed by atoms with Gasteiger partial charge < -0.3 is 10.2 Å². The lowest BCUT2D eigenvalue weighted by Crippen LogP contribution is -2.47. The summed E-state index contributed by atoms with van der Waals surface area (Å²) < 4.78 is 39.6. The molecule has 6 nitrogen and oxygen atoms in total. The molecule has 9 heteroatoms. The van der Waals surface area contributed by atoms with Crippen LogP contribution in [0.15, 0.2) is 30.6 Å². The molecule has 0 unspecified atom stereocenters. The van der Waals surface area contributed by atoms with Gasteiger partial charge in [0.15, 0.2) is 11.5 Å². The van der Waals surface area contributed by atoms with E-state index in [1.807, 2.05) is 0 Å². The molecule has 1 saturated heterocycles. The zero-order valence-corrected chi connectivity index (χ0v) is 15.2. The van der Waals surface area contributed by atoms with Crippen molar-refractivity contribution in [2.45, 2.75) is 13.1 Å². The van der Waals surface area contributed by atoms with Crippen LogP contribution in [0.5, 0.6) is 0 Å². The maximum absolute atomic E-state index is 13.2. The zero-order valence-electron chi connectivity index (χ0n) is 15.2. The Balaban J connectivity index is 1.67. The molecule has 27 heavy (non-hydrogen) atoms. The van der Waals surface area contributed by atoms with Crippen molar-refractivity contribution in [3.05, 3.63) is 36.3 Å². The Kier molecular flexibility index (Phi) is 6.22. The van der Waals surface area contributed by atoms with Gasteiger partial charge in [0.1, 0.15) is 5.82 Å². The minimum Gasteiger partial charge on any atom is -0.369 e. The molecule has 0 spiro atoms. The van der Waals surface area contributed by atoms with E-state index in [1.54, 1.807) is 12.1 Å². The van der Waals surface area contributed by atoms with Gasteiger partial charge in [-0.25, -0.2) is 9.97 Å². The smallest absolute Gasteiger partial charge is 0.369 e. The molecule has 0 aromatic carbocycles. The van der Waals surface area contributed by atoms with E-state index in [1.165, 1.54) is 12.4 Å². The number of nitrogens with zero attached hydrogens (tertiary/aromatic N) is 5. The highest BCUT2D eigenvalue weighted by Crippen LogP contribution is 2.30. The average molecular weight is 380 g/mol. The highest BCUT2D eigenvalue weighted by atomic mass is 19.4. The third kappa shape index (κ3) is 5.36. The highest BCUT2D eigenvalue weighted by molar-refractivity contribution is 5.57. The van der Waals surface area contributed by atoms with Crippen LogP contribution in [0.4, 0.5) is 19.0 Å².